The molecular formula is C10H11ClN2S2. The van der Waals surface area contributed by atoms with E-state index in [-0.39, 0.29) is 0 Å². The molecule has 2 nitrogen and oxygen atoms in total. The summed E-state index contributed by atoms with van der Waals surface area (Å²) in [5.74, 6) is 0. The molecule has 2 aromatic rings. The van der Waals surface area contributed by atoms with Gasteiger partial charge in [-0.15, -0.1) is 22.7 Å². The summed E-state index contributed by atoms with van der Waals surface area (Å²) in [5, 5.41) is 4.20. The van der Waals surface area contributed by atoms with Crippen molar-refractivity contribution in [3.63, 3.8) is 0 Å². The summed E-state index contributed by atoms with van der Waals surface area (Å²) in [4.78, 5) is 6.86. The number of nitrogens with one attached hydrogen (secondary N) is 1. The lowest BCUT2D eigenvalue weighted by Gasteiger charge is -1.93. The lowest BCUT2D eigenvalue weighted by Crippen LogP contribution is -2.09. The highest BCUT2D eigenvalue weighted by atomic mass is 35.5. The van der Waals surface area contributed by atoms with Gasteiger partial charge in [0.05, 0.1) is 9.21 Å². The smallest absolute Gasteiger partial charge is 0.133 e. The second-order valence-corrected chi connectivity index (χ2v) is 5.92. The van der Waals surface area contributed by atoms with Gasteiger partial charge in [-0.05, 0) is 32.1 Å². The van der Waals surface area contributed by atoms with Gasteiger partial charge in [-0.2, -0.15) is 0 Å². The molecule has 0 radical (unpaired) electrons. The Kier molecular flexibility index (Phi) is 3.75. The number of hydrogen-bond acceptors (Lipinski definition) is 4. The van der Waals surface area contributed by atoms with Gasteiger partial charge in [0.25, 0.3) is 0 Å². The molecule has 1 N–H and O–H groups in total. The third-order valence-corrected chi connectivity index (χ3v) is 4.42. The van der Waals surface area contributed by atoms with Crippen molar-refractivity contribution in [2.45, 2.75) is 6.42 Å². The van der Waals surface area contributed by atoms with Crippen LogP contribution in [0.4, 0.5) is 0 Å². The summed E-state index contributed by atoms with van der Waals surface area (Å²) in [6.45, 7) is 0.993. The van der Waals surface area contributed by atoms with Crippen LogP contribution in [0.5, 0.6) is 0 Å². The highest BCUT2D eigenvalue weighted by Crippen LogP contribution is 2.33. The van der Waals surface area contributed by atoms with Gasteiger partial charge in [0.15, 0.2) is 0 Å². The van der Waals surface area contributed by atoms with E-state index >= 15 is 0 Å². The molecule has 0 saturated heterocycles. The summed E-state index contributed by atoms with van der Waals surface area (Å²) in [6.07, 6.45) is 2.98. The predicted octanol–water partition coefficient (Wildman–Crippen LogP) is 3.29. The Labute approximate surface area is 102 Å². The second-order valence-electron chi connectivity index (χ2n) is 3.09. The van der Waals surface area contributed by atoms with Crippen LogP contribution < -0.4 is 5.32 Å². The minimum Gasteiger partial charge on any atom is -0.319 e. The third-order valence-electron chi connectivity index (χ3n) is 1.96. The van der Waals surface area contributed by atoms with Gasteiger partial charge in [0.1, 0.15) is 5.01 Å². The molecule has 15 heavy (non-hydrogen) atoms. The summed E-state index contributed by atoms with van der Waals surface area (Å²) < 4.78 is 0.817. The highest BCUT2D eigenvalue weighted by Gasteiger charge is 2.06. The van der Waals surface area contributed by atoms with Crippen molar-refractivity contribution < 1.29 is 0 Å². The minimum absolute atomic E-state index is 0.817. The first kappa shape index (κ1) is 11.1. The van der Waals surface area contributed by atoms with Crippen LogP contribution in [0.2, 0.25) is 4.34 Å². The zero-order valence-corrected chi connectivity index (χ0v) is 10.7. The van der Waals surface area contributed by atoms with E-state index in [1.54, 1.807) is 22.7 Å². The normalized spacial score (nSPS) is 10.8. The number of nitrogens with zero attached hydrogens (tertiary/aromatic N) is 1. The molecule has 0 amide bonds. The molecule has 0 aliphatic heterocycles. The fourth-order valence-electron chi connectivity index (χ4n) is 1.21. The molecular weight excluding hydrogens is 248 g/mol. The summed E-state index contributed by atoms with van der Waals surface area (Å²) in [7, 11) is 1.96. The Morgan fingerprint density at radius 2 is 2.27 bits per heavy atom. The van der Waals surface area contributed by atoms with Crippen molar-refractivity contribution in [2.75, 3.05) is 13.6 Å². The molecule has 0 aliphatic carbocycles. The minimum atomic E-state index is 0.817. The summed E-state index contributed by atoms with van der Waals surface area (Å²) >= 11 is 9.20. The van der Waals surface area contributed by atoms with Crippen LogP contribution in [0.25, 0.3) is 9.88 Å². The molecule has 0 aliphatic rings. The molecule has 0 unspecified atom stereocenters. The third kappa shape index (κ3) is 2.78. The first-order valence-electron chi connectivity index (χ1n) is 4.64. The number of hydrogen-bond donors (Lipinski definition) is 1. The standard InChI is InChI=1S/C10H11ClN2S2/c1-12-5-4-7-6-13-10(14-7)8-2-3-9(11)15-8/h2-3,6,12H,4-5H2,1H3. The topological polar surface area (TPSA) is 24.9 Å². The molecule has 5 heteroatoms. The Hall–Kier alpha value is -0.420. The molecule has 0 fully saturated rings. The fraction of sp³-hybridized carbons (Fsp3) is 0.300. The Bertz CT molecular complexity index is 436. The molecule has 2 aromatic heterocycles. The van der Waals surface area contributed by atoms with E-state index in [1.807, 2.05) is 25.4 Å². The van der Waals surface area contributed by atoms with Crippen molar-refractivity contribution in [3.8, 4) is 9.88 Å². The van der Waals surface area contributed by atoms with Gasteiger partial charge < -0.3 is 5.32 Å². The average Bonchev–Trinajstić information content (AvgIpc) is 2.83. The first-order valence-corrected chi connectivity index (χ1v) is 6.65. The number of halogens is 1. The fourth-order valence-corrected chi connectivity index (χ4v) is 3.23. The van der Waals surface area contributed by atoms with Gasteiger partial charge in [-0.1, -0.05) is 11.6 Å². The Balaban J connectivity index is 2.13. The first-order chi connectivity index (χ1) is 7.29. The maximum absolute atomic E-state index is 5.89. The van der Waals surface area contributed by atoms with E-state index in [1.165, 1.54) is 4.88 Å². The SMILES string of the molecule is CNCCc1cnc(-c2ccc(Cl)s2)s1. The van der Waals surface area contributed by atoms with Crippen molar-refractivity contribution >= 4 is 34.3 Å². The van der Waals surface area contributed by atoms with Crippen LogP contribution in [0, 0.1) is 0 Å². The lowest BCUT2D eigenvalue weighted by atomic mass is 10.4. The number of likely N-dealkylation sites (N-methyl/N-ethyl adjacent to an activating group) is 1. The van der Waals surface area contributed by atoms with E-state index in [4.69, 9.17) is 11.6 Å². The lowest BCUT2D eigenvalue weighted by molar-refractivity contribution is 0.798. The van der Waals surface area contributed by atoms with E-state index in [9.17, 15) is 0 Å². The van der Waals surface area contributed by atoms with Crippen LogP contribution >= 0.6 is 34.3 Å². The number of aromatic nitrogens is 1. The van der Waals surface area contributed by atoms with Crippen molar-refractivity contribution in [3.05, 3.63) is 27.5 Å². The van der Waals surface area contributed by atoms with Gasteiger partial charge in [0, 0.05) is 11.1 Å². The maximum Gasteiger partial charge on any atom is 0.133 e. The van der Waals surface area contributed by atoms with E-state index in [2.05, 4.69) is 10.3 Å². The van der Waals surface area contributed by atoms with Gasteiger partial charge >= 0.3 is 0 Å². The molecule has 80 valence electrons. The highest BCUT2D eigenvalue weighted by molar-refractivity contribution is 7.23. The number of thiazole rings is 1. The van der Waals surface area contributed by atoms with Crippen molar-refractivity contribution in [1.29, 1.82) is 0 Å². The van der Waals surface area contributed by atoms with E-state index in [0.717, 1.165) is 27.2 Å². The predicted molar refractivity (Wildman–Crippen MR) is 68.1 cm³/mol. The molecule has 0 atom stereocenters. The zero-order chi connectivity index (χ0) is 10.7. The van der Waals surface area contributed by atoms with E-state index in [0.29, 0.717) is 0 Å². The molecule has 0 saturated carbocycles. The van der Waals surface area contributed by atoms with Crippen LogP contribution in [-0.2, 0) is 6.42 Å². The average molecular weight is 259 g/mol. The Morgan fingerprint density at radius 1 is 1.40 bits per heavy atom. The van der Waals surface area contributed by atoms with Crippen molar-refractivity contribution in [2.24, 2.45) is 0 Å². The van der Waals surface area contributed by atoms with Gasteiger partial charge in [-0.25, -0.2) is 4.98 Å². The summed E-state index contributed by atoms with van der Waals surface area (Å²) in [6, 6.07) is 3.93. The van der Waals surface area contributed by atoms with Gasteiger partial charge in [0.2, 0.25) is 0 Å². The zero-order valence-electron chi connectivity index (χ0n) is 8.29. The molecule has 2 rings (SSSR count). The van der Waals surface area contributed by atoms with E-state index < -0.39 is 0 Å². The van der Waals surface area contributed by atoms with Crippen LogP contribution in [0.15, 0.2) is 18.3 Å². The van der Waals surface area contributed by atoms with Crippen LogP contribution in [0.3, 0.4) is 0 Å². The molecule has 0 aromatic carbocycles. The molecule has 0 bridgehead atoms. The summed E-state index contributed by atoms with van der Waals surface area (Å²) in [5.41, 5.74) is 0. The molecule has 0 spiro atoms. The number of thiophene rings is 1. The molecule has 2 heterocycles. The Morgan fingerprint density at radius 3 is 2.93 bits per heavy atom. The van der Waals surface area contributed by atoms with Crippen LogP contribution in [0.1, 0.15) is 4.88 Å². The monoisotopic (exact) mass is 258 g/mol. The number of rotatable bonds is 4. The van der Waals surface area contributed by atoms with Gasteiger partial charge in [-0.3, -0.25) is 0 Å². The largest absolute Gasteiger partial charge is 0.319 e. The van der Waals surface area contributed by atoms with Crippen molar-refractivity contribution in [1.82, 2.24) is 10.3 Å². The maximum atomic E-state index is 5.89. The quantitative estimate of drug-likeness (QED) is 0.910. The second kappa shape index (κ2) is 5.07. The van der Waals surface area contributed by atoms with Crippen LogP contribution in [-0.4, -0.2) is 18.6 Å².